The average Bonchev–Trinajstić information content (AvgIpc) is 2.68. The topological polar surface area (TPSA) is 49.8 Å². The van der Waals surface area contributed by atoms with E-state index in [1.165, 1.54) is 17.7 Å². The fourth-order valence-electron chi connectivity index (χ4n) is 3.74. The molecule has 1 fully saturated rings. The smallest absolute Gasteiger partial charge is 0.198 e. The van der Waals surface area contributed by atoms with E-state index in [9.17, 15) is 4.79 Å². The van der Waals surface area contributed by atoms with Crippen LogP contribution in [0.1, 0.15) is 37.9 Å². The lowest BCUT2D eigenvalue weighted by Gasteiger charge is -2.29. The van der Waals surface area contributed by atoms with Crippen molar-refractivity contribution >= 4 is 16.6 Å². The van der Waals surface area contributed by atoms with Gasteiger partial charge in [0.15, 0.2) is 5.43 Å². The molecule has 1 aromatic carbocycles. The van der Waals surface area contributed by atoms with E-state index in [1.807, 2.05) is 13.0 Å². The fourth-order valence-corrected chi connectivity index (χ4v) is 3.74. The van der Waals surface area contributed by atoms with Gasteiger partial charge in [0.25, 0.3) is 0 Å². The summed E-state index contributed by atoms with van der Waals surface area (Å²) in [4.78, 5) is 20.5. The third kappa shape index (κ3) is 4.10. The molecule has 1 saturated heterocycles. The molecule has 142 valence electrons. The standard InChI is InChI=1S/C21H31N3O2/c1-4-6-9-23(5-2)15-19-16(3)22-20-8-7-17(14-18(20)21(19)25)24-10-12-26-13-11-24/h7-8,14H,4-6,9-13,15H2,1-3H3,(H,22,25)/p+1. The van der Waals surface area contributed by atoms with E-state index in [0.29, 0.717) is 0 Å². The van der Waals surface area contributed by atoms with E-state index in [0.717, 1.165) is 73.8 Å². The summed E-state index contributed by atoms with van der Waals surface area (Å²) >= 11 is 0. The number of H-pyrrole nitrogens is 1. The molecule has 0 spiro atoms. The molecule has 0 aliphatic carbocycles. The summed E-state index contributed by atoms with van der Waals surface area (Å²) in [5.74, 6) is 0. The normalized spacial score (nSPS) is 16.2. The van der Waals surface area contributed by atoms with Crippen molar-refractivity contribution in [1.29, 1.82) is 0 Å². The van der Waals surface area contributed by atoms with Crippen molar-refractivity contribution in [2.45, 2.75) is 40.2 Å². The number of aromatic nitrogens is 1. The average molecular weight is 359 g/mol. The Morgan fingerprint density at radius 1 is 1.23 bits per heavy atom. The quantitative estimate of drug-likeness (QED) is 0.795. The van der Waals surface area contributed by atoms with Gasteiger partial charge in [0.05, 0.1) is 31.9 Å². The number of hydrogen-bond donors (Lipinski definition) is 2. The number of aromatic amines is 1. The van der Waals surface area contributed by atoms with Crippen LogP contribution >= 0.6 is 0 Å². The van der Waals surface area contributed by atoms with E-state index >= 15 is 0 Å². The van der Waals surface area contributed by atoms with Gasteiger partial charge < -0.3 is 19.5 Å². The second-order valence-corrected chi connectivity index (χ2v) is 7.27. The van der Waals surface area contributed by atoms with Crippen LogP contribution in [0.2, 0.25) is 0 Å². The molecule has 1 aromatic heterocycles. The lowest BCUT2D eigenvalue weighted by Crippen LogP contribution is -3.10. The predicted molar refractivity (Wildman–Crippen MR) is 107 cm³/mol. The number of unbranched alkanes of at least 4 members (excludes halogenated alkanes) is 1. The number of aryl methyl sites for hydroxylation is 1. The zero-order chi connectivity index (χ0) is 18.5. The van der Waals surface area contributed by atoms with Gasteiger partial charge in [-0.2, -0.15) is 0 Å². The lowest BCUT2D eigenvalue weighted by molar-refractivity contribution is -0.912. The van der Waals surface area contributed by atoms with E-state index in [4.69, 9.17) is 4.74 Å². The van der Waals surface area contributed by atoms with Crippen LogP contribution in [0, 0.1) is 6.92 Å². The first-order valence-corrected chi connectivity index (χ1v) is 9.95. The van der Waals surface area contributed by atoms with Crippen LogP contribution in [0.5, 0.6) is 0 Å². The van der Waals surface area contributed by atoms with Gasteiger partial charge in [0.2, 0.25) is 0 Å². The van der Waals surface area contributed by atoms with Gasteiger partial charge >= 0.3 is 0 Å². The van der Waals surface area contributed by atoms with E-state index in [1.54, 1.807) is 0 Å². The Labute approximate surface area is 156 Å². The van der Waals surface area contributed by atoms with Crippen LogP contribution in [0.25, 0.3) is 10.9 Å². The molecule has 5 nitrogen and oxygen atoms in total. The fraction of sp³-hybridized carbons (Fsp3) is 0.571. The van der Waals surface area contributed by atoms with Gasteiger partial charge in [0.1, 0.15) is 6.54 Å². The Kier molecular flexibility index (Phi) is 6.33. The zero-order valence-corrected chi connectivity index (χ0v) is 16.4. The molecule has 0 radical (unpaired) electrons. The predicted octanol–water partition coefficient (Wildman–Crippen LogP) is 1.88. The Balaban J connectivity index is 1.94. The molecular weight excluding hydrogens is 326 g/mol. The number of rotatable bonds is 7. The molecule has 3 rings (SSSR count). The van der Waals surface area contributed by atoms with Gasteiger partial charge in [-0.05, 0) is 38.5 Å². The number of fused-ring (bicyclic) bond motifs is 1. The van der Waals surface area contributed by atoms with Crippen molar-refractivity contribution in [3.63, 3.8) is 0 Å². The minimum absolute atomic E-state index is 0.189. The Hall–Kier alpha value is -1.85. The summed E-state index contributed by atoms with van der Waals surface area (Å²) in [6.07, 6.45) is 2.40. The van der Waals surface area contributed by atoms with Gasteiger partial charge in [0, 0.05) is 35.4 Å². The number of ether oxygens (including phenoxy) is 1. The molecule has 5 heteroatoms. The maximum Gasteiger partial charge on any atom is 0.198 e. The van der Waals surface area contributed by atoms with Gasteiger partial charge in [-0.25, -0.2) is 0 Å². The number of nitrogens with one attached hydrogen (secondary N) is 2. The number of anilines is 1. The number of pyridine rings is 1. The van der Waals surface area contributed by atoms with Crippen LogP contribution in [-0.2, 0) is 11.3 Å². The third-order valence-electron chi connectivity index (χ3n) is 5.48. The molecule has 1 unspecified atom stereocenters. The first kappa shape index (κ1) is 18.9. The zero-order valence-electron chi connectivity index (χ0n) is 16.4. The number of quaternary nitrogens is 1. The lowest BCUT2D eigenvalue weighted by atomic mass is 10.1. The molecule has 1 aliphatic heterocycles. The molecule has 0 saturated carbocycles. The third-order valence-corrected chi connectivity index (χ3v) is 5.48. The molecule has 2 aromatic rings. The van der Waals surface area contributed by atoms with Crippen molar-refractivity contribution in [2.24, 2.45) is 0 Å². The van der Waals surface area contributed by atoms with Crippen LogP contribution in [0.4, 0.5) is 5.69 Å². The summed E-state index contributed by atoms with van der Waals surface area (Å²) in [5, 5.41) is 0.806. The molecule has 2 heterocycles. The maximum absolute atomic E-state index is 13.2. The van der Waals surface area contributed by atoms with Gasteiger partial charge in [-0.15, -0.1) is 0 Å². The summed E-state index contributed by atoms with van der Waals surface area (Å²) in [6, 6.07) is 6.20. The molecule has 0 bridgehead atoms. The van der Waals surface area contributed by atoms with Crippen molar-refractivity contribution in [1.82, 2.24) is 4.98 Å². The summed E-state index contributed by atoms with van der Waals surface area (Å²) in [7, 11) is 0. The van der Waals surface area contributed by atoms with Crippen molar-refractivity contribution < 1.29 is 9.64 Å². The van der Waals surface area contributed by atoms with Crippen LogP contribution in [-0.4, -0.2) is 44.4 Å². The van der Waals surface area contributed by atoms with Crippen LogP contribution < -0.4 is 15.2 Å². The highest BCUT2D eigenvalue weighted by Gasteiger charge is 2.17. The second kappa shape index (κ2) is 8.69. The summed E-state index contributed by atoms with van der Waals surface area (Å²) in [5.41, 5.74) is 4.18. The SMILES string of the molecule is CCCC[NH+](CC)Cc1c(C)[nH]c2ccc(N3CCOCC3)cc2c1=O. The Bertz CT molecular complexity index is 794. The molecule has 1 atom stereocenters. The summed E-state index contributed by atoms with van der Waals surface area (Å²) in [6.45, 7) is 12.7. The number of hydrogen-bond acceptors (Lipinski definition) is 3. The first-order valence-electron chi connectivity index (χ1n) is 9.95. The highest BCUT2D eigenvalue weighted by atomic mass is 16.5. The molecular formula is C21H32N3O2+. The van der Waals surface area contributed by atoms with Crippen molar-refractivity contribution in [3.05, 3.63) is 39.7 Å². The highest BCUT2D eigenvalue weighted by Crippen LogP contribution is 2.21. The highest BCUT2D eigenvalue weighted by molar-refractivity contribution is 5.83. The molecule has 26 heavy (non-hydrogen) atoms. The minimum atomic E-state index is 0.189. The van der Waals surface area contributed by atoms with Crippen molar-refractivity contribution in [2.75, 3.05) is 44.3 Å². The summed E-state index contributed by atoms with van der Waals surface area (Å²) < 4.78 is 5.44. The molecule has 2 N–H and O–H groups in total. The monoisotopic (exact) mass is 358 g/mol. The van der Waals surface area contributed by atoms with Crippen molar-refractivity contribution in [3.8, 4) is 0 Å². The largest absolute Gasteiger partial charge is 0.378 e. The number of nitrogens with zero attached hydrogens (tertiary/aromatic N) is 1. The number of benzene rings is 1. The van der Waals surface area contributed by atoms with Crippen LogP contribution in [0.15, 0.2) is 23.0 Å². The Morgan fingerprint density at radius 3 is 2.69 bits per heavy atom. The maximum atomic E-state index is 13.2. The van der Waals surface area contributed by atoms with Gasteiger partial charge in [-0.3, -0.25) is 4.79 Å². The number of morpholine rings is 1. The van der Waals surface area contributed by atoms with E-state index < -0.39 is 0 Å². The van der Waals surface area contributed by atoms with Crippen LogP contribution in [0.3, 0.4) is 0 Å². The minimum Gasteiger partial charge on any atom is -0.378 e. The first-order chi connectivity index (χ1) is 12.6. The molecule has 1 aliphatic rings. The second-order valence-electron chi connectivity index (χ2n) is 7.27. The van der Waals surface area contributed by atoms with E-state index in [2.05, 4.69) is 35.9 Å². The molecule has 0 amide bonds. The van der Waals surface area contributed by atoms with E-state index in [-0.39, 0.29) is 5.43 Å². The van der Waals surface area contributed by atoms with Gasteiger partial charge in [-0.1, -0.05) is 13.3 Å². The Morgan fingerprint density at radius 2 is 2.00 bits per heavy atom.